The maximum absolute atomic E-state index is 12.5. The molecule has 102 valence electrons. The summed E-state index contributed by atoms with van der Waals surface area (Å²) in [7, 11) is 0. The van der Waals surface area contributed by atoms with Gasteiger partial charge in [-0.15, -0.1) is 11.3 Å². The van der Waals surface area contributed by atoms with Gasteiger partial charge < -0.3 is 14.7 Å². The fraction of sp³-hybridized carbons (Fsp3) is 0.538. The molecule has 0 spiro atoms. The molecule has 0 unspecified atom stereocenters. The highest BCUT2D eigenvalue weighted by Gasteiger charge is 2.39. The van der Waals surface area contributed by atoms with Gasteiger partial charge in [0.05, 0.1) is 24.1 Å². The Morgan fingerprint density at radius 2 is 2.05 bits per heavy atom. The summed E-state index contributed by atoms with van der Waals surface area (Å²) >= 11 is 1.05. The van der Waals surface area contributed by atoms with Gasteiger partial charge in [0.15, 0.2) is 0 Å². The Labute approximate surface area is 114 Å². The lowest BCUT2D eigenvalue weighted by Crippen LogP contribution is -2.49. The van der Waals surface area contributed by atoms with E-state index in [0.717, 1.165) is 24.2 Å². The topological polar surface area (TPSA) is 66.8 Å². The zero-order valence-electron chi connectivity index (χ0n) is 10.4. The molecule has 2 fully saturated rings. The predicted octanol–water partition coefficient (Wildman–Crippen LogP) is 1.70. The van der Waals surface area contributed by atoms with Gasteiger partial charge in [-0.05, 0) is 30.9 Å². The molecule has 19 heavy (non-hydrogen) atoms. The standard InChI is InChI=1S/C13H15NO4S/c15-12(10-3-4-11(19-10)13(16)17)14-5-6-18-7-9(14)8-1-2-8/h3-4,8-9H,1-2,5-7H2,(H,16,17)/t9-/m0/s1. The lowest BCUT2D eigenvalue weighted by Gasteiger charge is -2.35. The van der Waals surface area contributed by atoms with Crippen molar-refractivity contribution >= 4 is 23.2 Å². The molecule has 1 aliphatic heterocycles. The molecule has 3 rings (SSSR count). The van der Waals surface area contributed by atoms with Crippen molar-refractivity contribution in [2.45, 2.75) is 18.9 Å². The summed E-state index contributed by atoms with van der Waals surface area (Å²) in [6, 6.07) is 3.26. The molecule has 1 aromatic rings. The number of morpholine rings is 1. The van der Waals surface area contributed by atoms with Gasteiger partial charge in [0.2, 0.25) is 0 Å². The summed E-state index contributed by atoms with van der Waals surface area (Å²) in [5, 5.41) is 8.91. The summed E-state index contributed by atoms with van der Waals surface area (Å²) in [4.78, 5) is 25.9. The van der Waals surface area contributed by atoms with E-state index in [4.69, 9.17) is 9.84 Å². The lowest BCUT2D eigenvalue weighted by atomic mass is 10.1. The molecule has 2 aliphatic rings. The van der Waals surface area contributed by atoms with Crippen molar-refractivity contribution in [1.29, 1.82) is 0 Å². The van der Waals surface area contributed by atoms with E-state index in [1.807, 2.05) is 4.90 Å². The van der Waals surface area contributed by atoms with E-state index in [-0.39, 0.29) is 16.8 Å². The van der Waals surface area contributed by atoms with Gasteiger partial charge in [-0.25, -0.2) is 4.79 Å². The number of ether oxygens (including phenoxy) is 1. The second kappa shape index (κ2) is 4.94. The third-order valence-electron chi connectivity index (χ3n) is 3.62. The smallest absolute Gasteiger partial charge is 0.345 e. The fourth-order valence-electron chi connectivity index (χ4n) is 2.46. The Morgan fingerprint density at radius 3 is 2.68 bits per heavy atom. The number of amides is 1. The largest absolute Gasteiger partial charge is 0.477 e. The Bertz CT molecular complexity index is 508. The first-order valence-electron chi connectivity index (χ1n) is 6.38. The maximum Gasteiger partial charge on any atom is 0.345 e. The van der Waals surface area contributed by atoms with E-state index in [0.29, 0.717) is 30.6 Å². The molecule has 1 saturated heterocycles. The first kappa shape index (κ1) is 12.6. The molecule has 1 aromatic heterocycles. The van der Waals surface area contributed by atoms with Crippen molar-refractivity contribution < 1.29 is 19.4 Å². The van der Waals surface area contributed by atoms with Gasteiger partial charge in [0.1, 0.15) is 4.88 Å². The highest BCUT2D eigenvalue weighted by Crippen LogP contribution is 2.37. The van der Waals surface area contributed by atoms with E-state index in [9.17, 15) is 9.59 Å². The molecule has 2 heterocycles. The first-order valence-corrected chi connectivity index (χ1v) is 7.20. The predicted molar refractivity (Wildman–Crippen MR) is 69.6 cm³/mol. The highest BCUT2D eigenvalue weighted by molar-refractivity contribution is 7.15. The number of rotatable bonds is 3. The van der Waals surface area contributed by atoms with Crippen LogP contribution in [0.4, 0.5) is 0 Å². The maximum atomic E-state index is 12.5. The molecular formula is C13H15NO4S. The minimum atomic E-state index is -0.982. The average molecular weight is 281 g/mol. The summed E-state index contributed by atoms with van der Waals surface area (Å²) in [5.74, 6) is -0.481. The number of thiophene rings is 1. The SMILES string of the molecule is O=C(O)c1ccc(C(=O)N2CCOC[C@H]2C2CC2)s1. The van der Waals surface area contributed by atoms with E-state index in [2.05, 4.69) is 0 Å². The molecular weight excluding hydrogens is 266 g/mol. The van der Waals surface area contributed by atoms with Crippen molar-refractivity contribution in [3.63, 3.8) is 0 Å². The van der Waals surface area contributed by atoms with Crippen LogP contribution in [0.3, 0.4) is 0 Å². The number of carbonyl (C=O) groups is 2. The van der Waals surface area contributed by atoms with Gasteiger partial charge in [-0.1, -0.05) is 0 Å². The van der Waals surface area contributed by atoms with E-state index < -0.39 is 5.97 Å². The van der Waals surface area contributed by atoms with E-state index in [1.54, 1.807) is 6.07 Å². The van der Waals surface area contributed by atoms with Gasteiger partial charge in [0, 0.05) is 6.54 Å². The third kappa shape index (κ3) is 2.50. The molecule has 0 aromatic carbocycles. The van der Waals surface area contributed by atoms with Gasteiger partial charge in [0.25, 0.3) is 5.91 Å². The summed E-state index contributed by atoms with van der Waals surface area (Å²) in [6.07, 6.45) is 2.31. The Kier molecular flexibility index (Phi) is 3.28. The van der Waals surface area contributed by atoms with Crippen LogP contribution in [0, 0.1) is 5.92 Å². The van der Waals surface area contributed by atoms with Crippen molar-refractivity contribution in [2.75, 3.05) is 19.8 Å². The van der Waals surface area contributed by atoms with Crippen LogP contribution in [0.2, 0.25) is 0 Å². The zero-order valence-corrected chi connectivity index (χ0v) is 11.2. The Balaban J connectivity index is 1.78. The monoisotopic (exact) mass is 281 g/mol. The number of hydrogen-bond donors (Lipinski definition) is 1. The van der Waals surface area contributed by atoms with E-state index in [1.165, 1.54) is 6.07 Å². The van der Waals surface area contributed by atoms with Gasteiger partial charge in [-0.2, -0.15) is 0 Å². The molecule has 0 radical (unpaired) electrons. The van der Waals surface area contributed by atoms with Crippen molar-refractivity contribution in [2.24, 2.45) is 5.92 Å². The van der Waals surface area contributed by atoms with Crippen molar-refractivity contribution in [3.05, 3.63) is 21.9 Å². The second-order valence-corrected chi connectivity index (χ2v) is 6.03. The summed E-state index contributed by atoms with van der Waals surface area (Å²) in [5.41, 5.74) is 0. The molecule has 1 aliphatic carbocycles. The average Bonchev–Trinajstić information content (AvgIpc) is 3.14. The van der Waals surface area contributed by atoms with Crippen molar-refractivity contribution in [1.82, 2.24) is 4.90 Å². The minimum Gasteiger partial charge on any atom is -0.477 e. The number of carbonyl (C=O) groups excluding carboxylic acids is 1. The normalized spacial score (nSPS) is 23.4. The first-order chi connectivity index (χ1) is 9.16. The Morgan fingerprint density at radius 1 is 1.32 bits per heavy atom. The molecule has 6 heteroatoms. The van der Waals surface area contributed by atoms with Crippen LogP contribution in [0.1, 0.15) is 32.2 Å². The van der Waals surface area contributed by atoms with Crippen molar-refractivity contribution in [3.8, 4) is 0 Å². The van der Waals surface area contributed by atoms with Gasteiger partial charge in [-0.3, -0.25) is 4.79 Å². The van der Waals surface area contributed by atoms with Crippen LogP contribution in [-0.4, -0.2) is 47.7 Å². The molecule has 5 nitrogen and oxygen atoms in total. The molecule has 1 amide bonds. The van der Waals surface area contributed by atoms with Crippen LogP contribution in [0.25, 0.3) is 0 Å². The quantitative estimate of drug-likeness (QED) is 0.915. The van der Waals surface area contributed by atoms with Gasteiger partial charge >= 0.3 is 5.97 Å². The Hall–Kier alpha value is -1.40. The lowest BCUT2D eigenvalue weighted by molar-refractivity contribution is -0.00809. The van der Waals surface area contributed by atoms with Crippen LogP contribution >= 0.6 is 11.3 Å². The summed E-state index contributed by atoms with van der Waals surface area (Å²) in [6.45, 7) is 1.76. The van der Waals surface area contributed by atoms with Crippen LogP contribution in [0.15, 0.2) is 12.1 Å². The molecule has 0 bridgehead atoms. The fourth-order valence-corrected chi connectivity index (χ4v) is 3.26. The zero-order chi connectivity index (χ0) is 13.4. The number of carboxylic acids is 1. The minimum absolute atomic E-state index is 0.0577. The number of aromatic carboxylic acids is 1. The number of hydrogen-bond acceptors (Lipinski definition) is 4. The second-order valence-electron chi connectivity index (χ2n) is 4.95. The third-order valence-corrected chi connectivity index (χ3v) is 4.68. The molecule has 1 atom stereocenters. The van der Waals surface area contributed by atoms with Crippen LogP contribution in [0.5, 0.6) is 0 Å². The highest BCUT2D eigenvalue weighted by atomic mass is 32.1. The number of carboxylic acid groups (broad SMARTS) is 1. The van der Waals surface area contributed by atoms with Crippen LogP contribution in [-0.2, 0) is 4.74 Å². The summed E-state index contributed by atoms with van der Waals surface area (Å²) < 4.78 is 5.46. The number of nitrogens with zero attached hydrogens (tertiary/aromatic N) is 1. The van der Waals surface area contributed by atoms with Crippen LogP contribution < -0.4 is 0 Å². The van der Waals surface area contributed by atoms with E-state index >= 15 is 0 Å². The molecule has 1 N–H and O–H groups in total. The molecule has 1 saturated carbocycles.